The van der Waals surface area contributed by atoms with Crippen molar-refractivity contribution >= 4 is 46.6 Å². The van der Waals surface area contributed by atoms with E-state index in [0.29, 0.717) is 46.8 Å². The van der Waals surface area contributed by atoms with Crippen molar-refractivity contribution in [1.82, 2.24) is 14.7 Å². The molecular weight excluding hydrogens is 513 g/mol. The van der Waals surface area contributed by atoms with Crippen molar-refractivity contribution in [2.45, 2.75) is 39.5 Å². The lowest BCUT2D eigenvalue weighted by Crippen LogP contribution is -2.41. The molecule has 3 amide bonds. The van der Waals surface area contributed by atoms with Gasteiger partial charge in [0.1, 0.15) is 12.4 Å². The topological polar surface area (TPSA) is 88.5 Å². The van der Waals surface area contributed by atoms with E-state index in [-0.39, 0.29) is 17.9 Å². The third-order valence-electron chi connectivity index (χ3n) is 5.65. The van der Waals surface area contributed by atoms with Gasteiger partial charge >= 0.3 is 6.03 Å². The molecule has 2 aromatic carbocycles. The molecule has 3 aromatic rings. The van der Waals surface area contributed by atoms with Gasteiger partial charge in [0.15, 0.2) is 0 Å². The van der Waals surface area contributed by atoms with Gasteiger partial charge in [-0.1, -0.05) is 62.2 Å². The van der Waals surface area contributed by atoms with Gasteiger partial charge in [0.2, 0.25) is 5.91 Å². The molecule has 0 aliphatic rings. The first-order chi connectivity index (χ1) is 17.5. The van der Waals surface area contributed by atoms with Crippen LogP contribution in [0, 0.1) is 6.92 Å². The lowest BCUT2D eigenvalue weighted by Gasteiger charge is -2.23. The zero-order valence-electron chi connectivity index (χ0n) is 21.8. The maximum atomic E-state index is 13.2. The van der Waals surface area contributed by atoms with Gasteiger partial charge in [-0.15, -0.1) is 0 Å². The quantitative estimate of drug-likeness (QED) is 0.309. The number of hydrogen-bond donors (Lipinski definition) is 2. The summed E-state index contributed by atoms with van der Waals surface area (Å²) < 4.78 is 6.75. The SMILES string of the molecule is COCCCN(CC(=O)Nc1cc(C(C)(C)C)nn1-c1ccccc1Cl)C(=O)Nc1ccc(C)c(Cl)c1. The number of urea groups is 1. The molecule has 8 nitrogen and oxygen atoms in total. The van der Waals surface area contributed by atoms with Gasteiger partial charge in [0, 0.05) is 42.5 Å². The van der Waals surface area contributed by atoms with E-state index in [0.717, 1.165) is 11.3 Å². The van der Waals surface area contributed by atoms with Crippen LogP contribution >= 0.6 is 23.2 Å². The predicted molar refractivity (Wildman–Crippen MR) is 149 cm³/mol. The third kappa shape index (κ3) is 7.71. The van der Waals surface area contributed by atoms with Crippen molar-refractivity contribution < 1.29 is 14.3 Å². The number of carbonyl (C=O) groups is 2. The Balaban J connectivity index is 1.82. The number of hydrogen-bond acceptors (Lipinski definition) is 4. The van der Waals surface area contributed by atoms with Crippen molar-refractivity contribution in [2.24, 2.45) is 0 Å². The average molecular weight is 546 g/mol. The Kier molecular flexibility index (Phi) is 9.59. The summed E-state index contributed by atoms with van der Waals surface area (Å²) in [6.07, 6.45) is 0.567. The van der Waals surface area contributed by atoms with Gasteiger partial charge in [0.25, 0.3) is 0 Å². The van der Waals surface area contributed by atoms with Crippen LogP contribution < -0.4 is 10.6 Å². The Hall–Kier alpha value is -3.07. The monoisotopic (exact) mass is 545 g/mol. The van der Waals surface area contributed by atoms with Crippen molar-refractivity contribution in [3.05, 3.63) is 69.8 Å². The fourth-order valence-electron chi connectivity index (χ4n) is 3.52. The summed E-state index contributed by atoms with van der Waals surface area (Å²) in [4.78, 5) is 27.7. The first-order valence-corrected chi connectivity index (χ1v) is 12.7. The normalized spacial score (nSPS) is 11.3. The zero-order valence-corrected chi connectivity index (χ0v) is 23.3. The van der Waals surface area contributed by atoms with Crippen molar-refractivity contribution in [3.63, 3.8) is 0 Å². The van der Waals surface area contributed by atoms with Crippen LogP contribution in [0.25, 0.3) is 5.69 Å². The van der Waals surface area contributed by atoms with Gasteiger partial charge < -0.3 is 20.3 Å². The van der Waals surface area contributed by atoms with E-state index in [1.165, 1.54) is 4.90 Å². The van der Waals surface area contributed by atoms with E-state index in [9.17, 15) is 9.59 Å². The van der Waals surface area contributed by atoms with Crippen molar-refractivity contribution in [2.75, 3.05) is 37.4 Å². The number of methoxy groups -OCH3 is 1. The molecule has 198 valence electrons. The molecule has 1 aromatic heterocycles. The first-order valence-electron chi connectivity index (χ1n) is 12.0. The van der Waals surface area contributed by atoms with Crippen LogP contribution in [0.4, 0.5) is 16.3 Å². The van der Waals surface area contributed by atoms with Crippen molar-refractivity contribution in [1.29, 1.82) is 0 Å². The molecule has 3 rings (SSSR count). The second-order valence-corrected chi connectivity index (χ2v) is 10.6. The lowest BCUT2D eigenvalue weighted by atomic mass is 9.92. The van der Waals surface area contributed by atoms with E-state index < -0.39 is 6.03 Å². The largest absolute Gasteiger partial charge is 0.385 e. The van der Waals surface area contributed by atoms with Gasteiger partial charge in [-0.25, -0.2) is 9.48 Å². The lowest BCUT2D eigenvalue weighted by molar-refractivity contribution is -0.116. The highest BCUT2D eigenvalue weighted by Crippen LogP contribution is 2.29. The van der Waals surface area contributed by atoms with Crippen LogP contribution in [0.1, 0.15) is 38.4 Å². The number of nitrogens with one attached hydrogen (secondary N) is 2. The third-order valence-corrected chi connectivity index (χ3v) is 6.37. The smallest absolute Gasteiger partial charge is 0.322 e. The molecule has 37 heavy (non-hydrogen) atoms. The average Bonchev–Trinajstić information content (AvgIpc) is 3.25. The Bertz CT molecular complexity index is 1250. The second kappa shape index (κ2) is 12.4. The summed E-state index contributed by atoms with van der Waals surface area (Å²) in [5.74, 6) is 0.0914. The highest BCUT2D eigenvalue weighted by Gasteiger charge is 2.24. The van der Waals surface area contributed by atoms with E-state index in [4.69, 9.17) is 33.0 Å². The molecule has 0 spiro atoms. The molecule has 0 aliphatic heterocycles. The Morgan fingerprint density at radius 1 is 1.05 bits per heavy atom. The zero-order chi connectivity index (χ0) is 27.2. The number of halogens is 2. The Morgan fingerprint density at radius 3 is 2.43 bits per heavy atom. The van der Waals surface area contributed by atoms with Gasteiger partial charge in [-0.2, -0.15) is 5.10 Å². The van der Waals surface area contributed by atoms with Gasteiger partial charge in [-0.05, 0) is 43.2 Å². The molecule has 0 fully saturated rings. The summed E-state index contributed by atoms with van der Waals surface area (Å²) in [6, 6.07) is 13.9. The fourth-order valence-corrected chi connectivity index (χ4v) is 3.92. The summed E-state index contributed by atoms with van der Waals surface area (Å²) >= 11 is 12.6. The number of carbonyl (C=O) groups excluding carboxylic acids is 2. The number of aromatic nitrogens is 2. The van der Waals surface area contributed by atoms with E-state index in [2.05, 4.69) is 10.6 Å². The number of benzene rings is 2. The number of ether oxygens (including phenoxy) is 1. The van der Waals surface area contributed by atoms with Crippen molar-refractivity contribution in [3.8, 4) is 5.69 Å². The van der Waals surface area contributed by atoms with Gasteiger partial charge in [-0.3, -0.25) is 4.79 Å². The minimum absolute atomic E-state index is 0.173. The number of aryl methyl sites for hydroxylation is 1. The van der Waals surface area contributed by atoms with E-state index >= 15 is 0 Å². The maximum absolute atomic E-state index is 13.2. The first kappa shape index (κ1) is 28.5. The molecule has 0 unspecified atom stereocenters. The van der Waals surface area contributed by atoms with Crippen LogP contribution in [-0.4, -0.2) is 53.4 Å². The van der Waals surface area contributed by atoms with Crippen LogP contribution in [0.3, 0.4) is 0 Å². The molecule has 0 aliphatic carbocycles. The highest BCUT2D eigenvalue weighted by atomic mass is 35.5. The van der Waals surface area contributed by atoms with Crippen LogP contribution in [0.15, 0.2) is 48.5 Å². The molecule has 2 N–H and O–H groups in total. The molecule has 0 saturated carbocycles. The highest BCUT2D eigenvalue weighted by molar-refractivity contribution is 6.32. The molecular formula is C27H33Cl2N5O3. The number of rotatable bonds is 9. The summed E-state index contributed by atoms with van der Waals surface area (Å²) in [5.41, 5.74) is 2.62. The van der Waals surface area contributed by atoms with Crippen LogP contribution in [0.5, 0.6) is 0 Å². The maximum Gasteiger partial charge on any atom is 0.322 e. The summed E-state index contributed by atoms with van der Waals surface area (Å²) in [7, 11) is 1.59. The number of amides is 3. The number of nitrogens with zero attached hydrogens (tertiary/aromatic N) is 3. The van der Waals surface area contributed by atoms with E-state index in [1.54, 1.807) is 30.0 Å². The second-order valence-electron chi connectivity index (χ2n) is 9.74. The molecule has 0 radical (unpaired) electrons. The van der Waals surface area contributed by atoms with Crippen LogP contribution in [-0.2, 0) is 14.9 Å². The fraction of sp³-hybridized carbons (Fsp3) is 0.370. The van der Waals surface area contributed by atoms with Crippen LogP contribution in [0.2, 0.25) is 10.0 Å². The molecule has 10 heteroatoms. The summed E-state index contributed by atoms with van der Waals surface area (Å²) in [5, 5.41) is 11.5. The minimum Gasteiger partial charge on any atom is -0.385 e. The Morgan fingerprint density at radius 2 is 1.78 bits per heavy atom. The standard InChI is InChI=1S/C27H33Cl2N5O3/c1-18-11-12-19(15-21(18)29)30-26(36)33(13-8-14-37-5)17-25(35)31-24-16-23(27(2,3)4)32-34(24)22-10-7-6-9-20(22)28/h6-7,9-12,15-16H,8,13-14,17H2,1-5H3,(H,30,36)(H,31,35). The molecule has 0 bridgehead atoms. The van der Waals surface area contributed by atoms with E-state index in [1.807, 2.05) is 58.0 Å². The number of anilines is 2. The molecule has 0 saturated heterocycles. The number of para-hydroxylation sites is 1. The predicted octanol–water partition coefficient (Wildman–Crippen LogP) is 6.29. The summed E-state index contributed by atoms with van der Waals surface area (Å²) in [6.45, 7) is 8.60. The molecule has 0 atom stereocenters. The minimum atomic E-state index is -0.416. The molecule has 1 heterocycles. The van der Waals surface area contributed by atoms with Gasteiger partial charge in [0.05, 0.1) is 16.4 Å². The Labute approximate surface area is 227 Å².